The number of anilines is 1. The van der Waals surface area contributed by atoms with Crippen molar-refractivity contribution in [3.05, 3.63) is 65.7 Å². The number of nitrogens with zero attached hydrogens (tertiary/aromatic N) is 1. The van der Waals surface area contributed by atoms with Crippen LogP contribution < -0.4 is 24.8 Å². The van der Waals surface area contributed by atoms with Crippen LogP contribution >= 0.6 is 11.3 Å². The van der Waals surface area contributed by atoms with Crippen molar-refractivity contribution in [2.45, 2.75) is 6.61 Å². The maximum absolute atomic E-state index is 11.9. The van der Waals surface area contributed by atoms with Crippen LogP contribution in [0.5, 0.6) is 17.2 Å². The third-order valence-corrected chi connectivity index (χ3v) is 4.24. The highest BCUT2D eigenvalue weighted by Gasteiger charge is 2.07. The minimum absolute atomic E-state index is 0.0352. The summed E-state index contributed by atoms with van der Waals surface area (Å²) >= 11 is 1.33. The second-order valence-corrected chi connectivity index (χ2v) is 6.20. The second kappa shape index (κ2) is 9.44. The summed E-state index contributed by atoms with van der Waals surface area (Å²) in [5.41, 5.74) is 0.744. The zero-order valence-corrected chi connectivity index (χ0v) is 15.5. The van der Waals surface area contributed by atoms with E-state index in [9.17, 15) is 4.79 Å². The number of benzene rings is 2. The van der Waals surface area contributed by atoms with Crippen LogP contribution in [0.1, 0.15) is 5.69 Å². The van der Waals surface area contributed by atoms with Gasteiger partial charge in [-0.05, 0) is 36.4 Å². The Morgan fingerprint density at radius 1 is 1.00 bits per heavy atom. The van der Waals surface area contributed by atoms with Gasteiger partial charge >= 0.3 is 6.03 Å². The molecule has 0 radical (unpaired) electrons. The standard InChI is InChI=1S/C19H19N3O4S/c1-24-15-7-9-17(10-8-15)26-13-20-18(23)22-19-21-14(12-27-19)11-25-16-5-3-2-4-6-16/h2-10,12H,11,13H2,1H3,(H2,20,21,22,23). The molecule has 0 fully saturated rings. The molecule has 0 spiro atoms. The Kier molecular flexibility index (Phi) is 6.48. The molecule has 2 aromatic carbocycles. The van der Waals surface area contributed by atoms with Crippen molar-refractivity contribution >= 4 is 22.5 Å². The minimum atomic E-state index is -0.395. The lowest BCUT2D eigenvalue weighted by Crippen LogP contribution is -2.31. The number of carbonyl (C=O) groups is 1. The third kappa shape index (κ3) is 5.89. The van der Waals surface area contributed by atoms with Gasteiger partial charge in [-0.1, -0.05) is 18.2 Å². The molecule has 1 aromatic heterocycles. The molecule has 0 unspecified atom stereocenters. The molecular formula is C19H19N3O4S. The topological polar surface area (TPSA) is 81.7 Å². The summed E-state index contributed by atoms with van der Waals surface area (Å²) in [6.45, 7) is 0.373. The van der Waals surface area contributed by atoms with Gasteiger partial charge in [-0.15, -0.1) is 11.3 Å². The first-order chi connectivity index (χ1) is 13.2. The number of para-hydroxylation sites is 1. The van der Waals surface area contributed by atoms with E-state index in [0.29, 0.717) is 17.5 Å². The van der Waals surface area contributed by atoms with Gasteiger partial charge in [0.25, 0.3) is 0 Å². The summed E-state index contributed by atoms with van der Waals surface area (Å²) in [6.07, 6.45) is 0. The number of carbonyl (C=O) groups excluding carboxylic acids is 1. The molecule has 27 heavy (non-hydrogen) atoms. The van der Waals surface area contributed by atoms with Crippen LogP contribution in [0, 0.1) is 0 Å². The van der Waals surface area contributed by atoms with E-state index in [0.717, 1.165) is 17.2 Å². The summed E-state index contributed by atoms with van der Waals surface area (Å²) in [5, 5.41) is 7.60. The highest BCUT2D eigenvalue weighted by Crippen LogP contribution is 2.18. The van der Waals surface area contributed by atoms with Crippen molar-refractivity contribution in [3.63, 3.8) is 0 Å². The van der Waals surface area contributed by atoms with E-state index < -0.39 is 6.03 Å². The molecule has 7 nitrogen and oxygen atoms in total. The fourth-order valence-corrected chi connectivity index (χ4v) is 2.79. The normalized spacial score (nSPS) is 10.1. The molecule has 0 saturated heterocycles. The van der Waals surface area contributed by atoms with Crippen molar-refractivity contribution < 1.29 is 19.0 Å². The van der Waals surface area contributed by atoms with E-state index in [2.05, 4.69) is 15.6 Å². The van der Waals surface area contributed by atoms with Gasteiger partial charge < -0.3 is 19.5 Å². The summed E-state index contributed by atoms with van der Waals surface area (Å²) in [4.78, 5) is 16.2. The molecule has 0 saturated carbocycles. The summed E-state index contributed by atoms with van der Waals surface area (Å²) < 4.78 is 16.1. The zero-order valence-electron chi connectivity index (χ0n) is 14.7. The van der Waals surface area contributed by atoms with Gasteiger partial charge in [0.15, 0.2) is 11.9 Å². The quantitative estimate of drug-likeness (QED) is 0.575. The Hall–Kier alpha value is -3.26. The minimum Gasteiger partial charge on any atom is -0.497 e. The molecule has 140 valence electrons. The molecule has 0 aliphatic heterocycles. The smallest absolute Gasteiger partial charge is 0.323 e. The number of nitrogens with one attached hydrogen (secondary N) is 2. The molecule has 1 heterocycles. The van der Waals surface area contributed by atoms with Crippen molar-refractivity contribution in [1.82, 2.24) is 10.3 Å². The predicted molar refractivity (Wildman–Crippen MR) is 104 cm³/mol. The Morgan fingerprint density at radius 2 is 1.70 bits per heavy atom. The molecule has 0 atom stereocenters. The van der Waals surface area contributed by atoms with E-state index >= 15 is 0 Å². The zero-order chi connectivity index (χ0) is 18.9. The maximum Gasteiger partial charge on any atom is 0.323 e. The Bertz CT molecular complexity index is 853. The van der Waals surface area contributed by atoms with E-state index in [-0.39, 0.29) is 6.73 Å². The van der Waals surface area contributed by atoms with Crippen molar-refractivity contribution in [2.24, 2.45) is 0 Å². The number of thiazole rings is 1. The van der Waals surface area contributed by atoms with Crippen LogP contribution in [-0.4, -0.2) is 24.9 Å². The monoisotopic (exact) mass is 385 g/mol. The number of rotatable bonds is 8. The molecule has 0 aliphatic rings. The predicted octanol–water partition coefficient (Wildman–Crippen LogP) is 3.89. The van der Waals surface area contributed by atoms with Crippen LogP contribution in [0.3, 0.4) is 0 Å². The van der Waals surface area contributed by atoms with Crippen molar-refractivity contribution in [3.8, 4) is 17.2 Å². The van der Waals surface area contributed by atoms with Gasteiger partial charge in [-0.2, -0.15) is 0 Å². The largest absolute Gasteiger partial charge is 0.497 e. The van der Waals surface area contributed by atoms with Gasteiger partial charge in [0, 0.05) is 5.38 Å². The van der Waals surface area contributed by atoms with Gasteiger partial charge in [-0.25, -0.2) is 9.78 Å². The first-order valence-electron chi connectivity index (χ1n) is 8.17. The van der Waals surface area contributed by atoms with E-state index in [1.807, 2.05) is 35.7 Å². The summed E-state index contributed by atoms with van der Waals surface area (Å²) in [5.74, 6) is 2.14. The van der Waals surface area contributed by atoms with Crippen LogP contribution in [-0.2, 0) is 6.61 Å². The fourth-order valence-electron chi connectivity index (χ4n) is 2.10. The molecular weight excluding hydrogens is 366 g/mol. The fraction of sp³-hybridized carbons (Fsp3) is 0.158. The molecule has 0 bridgehead atoms. The van der Waals surface area contributed by atoms with E-state index in [4.69, 9.17) is 14.2 Å². The highest BCUT2D eigenvalue weighted by atomic mass is 32.1. The number of ether oxygens (including phenoxy) is 3. The summed E-state index contributed by atoms with van der Waals surface area (Å²) in [6, 6.07) is 16.2. The lowest BCUT2D eigenvalue weighted by molar-refractivity contribution is 0.234. The Labute approximate surface area is 160 Å². The molecule has 3 rings (SSSR count). The molecule has 3 aromatic rings. The van der Waals surface area contributed by atoms with Gasteiger partial charge in [0.1, 0.15) is 23.9 Å². The molecule has 0 aliphatic carbocycles. The Morgan fingerprint density at radius 3 is 2.44 bits per heavy atom. The summed E-state index contributed by atoms with van der Waals surface area (Å²) in [7, 11) is 1.60. The number of hydrogen-bond acceptors (Lipinski definition) is 6. The average molecular weight is 385 g/mol. The number of hydrogen-bond donors (Lipinski definition) is 2. The first-order valence-corrected chi connectivity index (χ1v) is 9.05. The lowest BCUT2D eigenvalue weighted by Gasteiger charge is -2.08. The first kappa shape index (κ1) is 18.5. The van der Waals surface area contributed by atoms with Crippen molar-refractivity contribution in [2.75, 3.05) is 19.2 Å². The average Bonchev–Trinajstić information content (AvgIpc) is 3.15. The van der Waals surface area contributed by atoms with Gasteiger partial charge in [-0.3, -0.25) is 5.32 Å². The van der Waals surface area contributed by atoms with Crippen LogP contribution in [0.25, 0.3) is 0 Å². The van der Waals surface area contributed by atoms with E-state index in [1.165, 1.54) is 11.3 Å². The van der Waals surface area contributed by atoms with E-state index in [1.54, 1.807) is 31.4 Å². The maximum atomic E-state index is 11.9. The molecule has 2 amide bonds. The van der Waals surface area contributed by atoms with Crippen LogP contribution in [0.2, 0.25) is 0 Å². The lowest BCUT2D eigenvalue weighted by atomic mass is 10.3. The molecule has 8 heteroatoms. The number of urea groups is 1. The van der Waals surface area contributed by atoms with Gasteiger partial charge in [0.05, 0.1) is 12.8 Å². The SMILES string of the molecule is COc1ccc(OCNC(=O)Nc2nc(COc3ccccc3)cs2)cc1. The van der Waals surface area contributed by atoms with Crippen molar-refractivity contribution in [1.29, 1.82) is 0 Å². The number of amides is 2. The number of methoxy groups -OCH3 is 1. The molecule has 2 N–H and O–H groups in total. The van der Waals surface area contributed by atoms with Crippen LogP contribution in [0.4, 0.5) is 9.93 Å². The number of aromatic nitrogens is 1. The Balaban J connectivity index is 1.39. The van der Waals surface area contributed by atoms with Gasteiger partial charge in [0.2, 0.25) is 0 Å². The third-order valence-electron chi connectivity index (χ3n) is 3.43. The highest BCUT2D eigenvalue weighted by molar-refractivity contribution is 7.13. The second-order valence-electron chi connectivity index (χ2n) is 5.34. The van der Waals surface area contributed by atoms with Crippen LogP contribution in [0.15, 0.2) is 60.0 Å².